The Morgan fingerprint density at radius 2 is 1.95 bits per heavy atom. The first-order valence-electron chi connectivity index (χ1n) is 5.18. The van der Waals surface area contributed by atoms with Crippen molar-refractivity contribution in [2.75, 3.05) is 19.5 Å². The van der Waals surface area contributed by atoms with E-state index in [2.05, 4.69) is 14.3 Å². The largest absolute Gasteiger partial charge is 0.468 e. The van der Waals surface area contributed by atoms with Crippen LogP contribution in [0.4, 0.5) is 5.69 Å². The van der Waals surface area contributed by atoms with Crippen LogP contribution in [0.15, 0.2) is 29.2 Å². The number of carbonyl (C=O) groups is 1. The molecule has 1 atom stereocenters. The smallest absolute Gasteiger partial charge is 0.326 e. The molecule has 1 aromatic rings. The minimum Gasteiger partial charge on any atom is -0.468 e. The molecule has 5 N–H and O–H groups in total. The van der Waals surface area contributed by atoms with Crippen LogP contribution in [0.2, 0.25) is 0 Å². The highest BCUT2D eigenvalue weighted by Crippen LogP contribution is 2.12. The topological polar surface area (TPSA) is 134 Å². The Morgan fingerprint density at radius 1 is 1.37 bits per heavy atom. The first-order valence-corrected chi connectivity index (χ1v) is 6.66. The van der Waals surface area contributed by atoms with Crippen LogP contribution in [-0.4, -0.2) is 34.1 Å². The fourth-order valence-corrected chi connectivity index (χ4v) is 2.46. The summed E-state index contributed by atoms with van der Waals surface area (Å²) in [7, 11) is -2.77. The maximum Gasteiger partial charge on any atom is 0.326 e. The molecular weight excluding hydrogens is 274 g/mol. The first-order chi connectivity index (χ1) is 8.90. The number of benzene rings is 1. The van der Waals surface area contributed by atoms with Crippen molar-refractivity contribution < 1.29 is 22.8 Å². The lowest BCUT2D eigenvalue weighted by molar-refractivity contribution is -0.144. The molecule has 0 radical (unpaired) electrons. The van der Waals surface area contributed by atoms with Crippen molar-refractivity contribution in [3.8, 4) is 0 Å². The molecule has 1 rings (SSSR count). The van der Waals surface area contributed by atoms with Crippen molar-refractivity contribution >= 4 is 21.7 Å². The summed E-state index contributed by atoms with van der Waals surface area (Å²) in [6.07, 6.45) is 0. The van der Waals surface area contributed by atoms with Crippen LogP contribution in [0.5, 0.6) is 0 Å². The fraction of sp³-hybridized carbons (Fsp3) is 0.300. The van der Waals surface area contributed by atoms with Crippen LogP contribution in [-0.2, 0) is 24.4 Å². The van der Waals surface area contributed by atoms with Crippen molar-refractivity contribution in [3.05, 3.63) is 24.3 Å². The highest BCUT2D eigenvalue weighted by molar-refractivity contribution is 7.89. The normalized spacial score (nSPS) is 12.9. The van der Waals surface area contributed by atoms with Gasteiger partial charge in [-0.1, -0.05) is 0 Å². The molecule has 0 aliphatic rings. The molecule has 0 aromatic heterocycles. The van der Waals surface area contributed by atoms with Crippen molar-refractivity contribution in [3.63, 3.8) is 0 Å². The van der Waals surface area contributed by atoms with E-state index in [1.807, 2.05) is 0 Å². The molecule has 1 unspecified atom stereocenters. The molecule has 8 nitrogen and oxygen atoms in total. The van der Waals surface area contributed by atoms with Crippen LogP contribution < -0.4 is 16.4 Å². The van der Waals surface area contributed by atoms with E-state index in [9.17, 15) is 13.2 Å². The summed E-state index contributed by atoms with van der Waals surface area (Å²) in [6, 6.07) is 4.27. The molecule has 0 fully saturated rings. The summed E-state index contributed by atoms with van der Waals surface area (Å²) in [6.45, 7) is -0.346. The van der Waals surface area contributed by atoms with Gasteiger partial charge in [-0.15, -0.1) is 0 Å². The van der Waals surface area contributed by atoms with Crippen LogP contribution in [0.3, 0.4) is 0 Å². The lowest BCUT2D eigenvalue weighted by Gasteiger charge is -2.15. The molecule has 0 amide bonds. The molecule has 19 heavy (non-hydrogen) atoms. The standard InChI is InChI=1S/C10H15N3O5S/c1-17-10(14)9(6-18-12)13-19(15,16)8-4-2-7(11)3-5-8/h2-5,9,13H,6,11-12H2,1H3. The van der Waals surface area contributed by atoms with Gasteiger partial charge in [0.2, 0.25) is 10.0 Å². The van der Waals surface area contributed by atoms with Crippen molar-refractivity contribution in [1.82, 2.24) is 4.72 Å². The van der Waals surface area contributed by atoms with Gasteiger partial charge in [0.05, 0.1) is 18.6 Å². The van der Waals surface area contributed by atoms with Gasteiger partial charge in [-0.25, -0.2) is 14.3 Å². The number of sulfonamides is 1. The van der Waals surface area contributed by atoms with Crippen LogP contribution >= 0.6 is 0 Å². The Balaban J connectivity index is 2.93. The molecule has 0 saturated carbocycles. The summed E-state index contributed by atoms with van der Waals surface area (Å²) in [4.78, 5) is 15.6. The monoisotopic (exact) mass is 289 g/mol. The second kappa shape index (κ2) is 6.48. The summed E-state index contributed by atoms with van der Waals surface area (Å²) in [5, 5.41) is 0. The summed E-state index contributed by atoms with van der Waals surface area (Å²) in [5.74, 6) is 4.04. The van der Waals surface area contributed by atoms with Crippen LogP contribution in [0.1, 0.15) is 0 Å². The van der Waals surface area contributed by atoms with E-state index in [0.717, 1.165) is 7.11 Å². The van der Waals surface area contributed by atoms with Crippen molar-refractivity contribution in [1.29, 1.82) is 0 Å². The average molecular weight is 289 g/mol. The number of anilines is 1. The Morgan fingerprint density at radius 3 is 2.42 bits per heavy atom. The van der Waals surface area contributed by atoms with E-state index in [0.29, 0.717) is 5.69 Å². The number of ether oxygens (including phenoxy) is 1. The summed E-state index contributed by atoms with van der Waals surface area (Å²) in [5.41, 5.74) is 5.89. The van der Waals surface area contributed by atoms with E-state index in [1.165, 1.54) is 24.3 Å². The third kappa shape index (κ3) is 4.17. The number of nitrogen functional groups attached to an aromatic ring is 1. The molecule has 0 saturated heterocycles. The van der Waals surface area contributed by atoms with E-state index < -0.39 is 22.0 Å². The minimum atomic E-state index is -3.90. The zero-order valence-corrected chi connectivity index (χ0v) is 11.0. The molecule has 0 heterocycles. The van der Waals surface area contributed by atoms with Crippen LogP contribution in [0.25, 0.3) is 0 Å². The number of methoxy groups -OCH3 is 1. The summed E-state index contributed by atoms with van der Waals surface area (Å²) >= 11 is 0. The SMILES string of the molecule is COC(=O)C(CON)NS(=O)(=O)c1ccc(N)cc1. The van der Waals surface area contributed by atoms with Gasteiger partial charge >= 0.3 is 5.97 Å². The van der Waals surface area contributed by atoms with E-state index in [-0.39, 0.29) is 11.5 Å². The predicted molar refractivity (Wildman–Crippen MR) is 67.1 cm³/mol. The van der Waals surface area contributed by atoms with Gasteiger partial charge in [-0.2, -0.15) is 4.72 Å². The average Bonchev–Trinajstić information content (AvgIpc) is 2.37. The lowest BCUT2D eigenvalue weighted by atomic mass is 10.3. The van der Waals surface area contributed by atoms with Crippen LogP contribution in [0, 0.1) is 0 Å². The van der Waals surface area contributed by atoms with Crippen molar-refractivity contribution in [2.24, 2.45) is 5.90 Å². The number of carbonyl (C=O) groups excluding carboxylic acids is 1. The number of hydrogen-bond acceptors (Lipinski definition) is 7. The number of nitrogens with two attached hydrogens (primary N) is 2. The Labute approximate surface area is 110 Å². The molecule has 0 aliphatic heterocycles. The Hall–Kier alpha value is -1.68. The van der Waals surface area contributed by atoms with Gasteiger partial charge in [0.25, 0.3) is 0 Å². The maximum atomic E-state index is 12.0. The third-order valence-electron chi connectivity index (χ3n) is 2.24. The highest BCUT2D eigenvalue weighted by atomic mass is 32.2. The van der Waals surface area contributed by atoms with Gasteiger partial charge in [0, 0.05) is 5.69 Å². The fourth-order valence-electron chi connectivity index (χ4n) is 1.29. The third-order valence-corrected chi connectivity index (χ3v) is 3.72. The number of rotatable bonds is 6. The highest BCUT2D eigenvalue weighted by Gasteiger charge is 2.26. The minimum absolute atomic E-state index is 0.0346. The Bertz CT molecular complexity index is 529. The number of esters is 1. The number of nitrogens with one attached hydrogen (secondary N) is 1. The predicted octanol–water partition coefficient (Wildman–Crippen LogP) is -1.02. The molecule has 106 valence electrons. The second-order valence-electron chi connectivity index (χ2n) is 3.60. The van der Waals surface area contributed by atoms with Gasteiger partial charge in [-0.05, 0) is 24.3 Å². The first kappa shape index (κ1) is 15.4. The van der Waals surface area contributed by atoms with Crippen molar-refractivity contribution in [2.45, 2.75) is 10.9 Å². The molecular formula is C10H15N3O5S. The molecule has 0 bridgehead atoms. The second-order valence-corrected chi connectivity index (χ2v) is 5.31. The zero-order chi connectivity index (χ0) is 14.5. The van der Waals surface area contributed by atoms with Gasteiger partial charge in [-0.3, -0.25) is 4.79 Å². The van der Waals surface area contributed by atoms with Gasteiger partial charge in [0.15, 0.2) is 0 Å². The zero-order valence-electron chi connectivity index (χ0n) is 10.2. The van der Waals surface area contributed by atoms with E-state index in [4.69, 9.17) is 11.6 Å². The van der Waals surface area contributed by atoms with E-state index in [1.54, 1.807) is 0 Å². The lowest BCUT2D eigenvalue weighted by Crippen LogP contribution is -2.45. The van der Waals surface area contributed by atoms with Gasteiger partial charge < -0.3 is 15.3 Å². The Kier molecular flexibility index (Phi) is 5.24. The molecule has 9 heteroatoms. The molecule has 1 aromatic carbocycles. The number of hydrogen-bond donors (Lipinski definition) is 3. The quantitative estimate of drug-likeness (QED) is 0.346. The van der Waals surface area contributed by atoms with E-state index >= 15 is 0 Å². The molecule has 0 spiro atoms. The maximum absolute atomic E-state index is 12.0. The summed E-state index contributed by atoms with van der Waals surface area (Å²) < 4.78 is 30.6. The van der Waals surface area contributed by atoms with Gasteiger partial charge in [0.1, 0.15) is 6.04 Å². The molecule has 0 aliphatic carbocycles.